The van der Waals surface area contributed by atoms with Crippen LogP contribution in [0.5, 0.6) is 0 Å². The number of benzene rings is 2. The largest absolute Gasteiger partial charge is 0.356 e. The van der Waals surface area contributed by atoms with Gasteiger partial charge in [0.15, 0.2) is 0 Å². The molecule has 19 heavy (non-hydrogen) atoms. The number of carbonyl (C=O) groups is 1. The summed E-state index contributed by atoms with van der Waals surface area (Å²) < 4.78 is 0. The molecule has 0 radical (unpaired) electrons. The van der Waals surface area contributed by atoms with Gasteiger partial charge < -0.3 is 5.32 Å². The van der Waals surface area contributed by atoms with E-state index >= 15 is 0 Å². The van der Waals surface area contributed by atoms with E-state index in [2.05, 4.69) is 23.5 Å². The van der Waals surface area contributed by atoms with E-state index in [1.165, 1.54) is 6.92 Å². The highest BCUT2D eigenvalue weighted by Crippen LogP contribution is 2.27. The van der Waals surface area contributed by atoms with Gasteiger partial charge in [0.25, 0.3) is 0 Å². The van der Waals surface area contributed by atoms with Gasteiger partial charge in [-0.05, 0) is 23.4 Å². The fourth-order valence-corrected chi connectivity index (χ4v) is 2.29. The Morgan fingerprint density at radius 2 is 2.00 bits per heavy atom. The van der Waals surface area contributed by atoms with Gasteiger partial charge in [-0.15, -0.1) is 0 Å². The van der Waals surface area contributed by atoms with Gasteiger partial charge in [-0.25, -0.2) is 0 Å². The highest BCUT2D eigenvalue weighted by atomic mass is 35.5. The molecule has 0 aromatic heterocycles. The van der Waals surface area contributed by atoms with Crippen molar-refractivity contribution in [2.75, 3.05) is 6.54 Å². The molecule has 0 atom stereocenters. The van der Waals surface area contributed by atoms with E-state index in [1.54, 1.807) is 0 Å². The van der Waals surface area contributed by atoms with Gasteiger partial charge >= 0.3 is 0 Å². The Balaban J connectivity index is 2.16. The average molecular weight is 274 g/mol. The first kappa shape index (κ1) is 13.6. The minimum absolute atomic E-state index is 0.00149. The van der Waals surface area contributed by atoms with Gasteiger partial charge in [-0.1, -0.05) is 54.1 Å². The topological polar surface area (TPSA) is 29.1 Å². The number of amides is 1. The summed E-state index contributed by atoms with van der Waals surface area (Å²) in [6.07, 6.45) is 4.91. The van der Waals surface area contributed by atoms with Crippen molar-refractivity contribution in [1.82, 2.24) is 5.32 Å². The monoisotopic (exact) mass is 273 g/mol. The summed E-state index contributed by atoms with van der Waals surface area (Å²) in [5.74, 6) is 0.00149. The molecule has 0 fully saturated rings. The maximum absolute atomic E-state index is 10.7. The number of hydrogen-bond acceptors (Lipinski definition) is 1. The Hall–Kier alpha value is -1.80. The average Bonchev–Trinajstić information content (AvgIpc) is 2.38. The van der Waals surface area contributed by atoms with Crippen LogP contribution in [0, 0.1) is 0 Å². The zero-order valence-corrected chi connectivity index (χ0v) is 11.6. The Kier molecular flexibility index (Phi) is 4.58. The lowest BCUT2D eigenvalue weighted by atomic mass is 10.0. The van der Waals surface area contributed by atoms with E-state index in [0.717, 1.165) is 27.8 Å². The molecule has 2 nitrogen and oxygen atoms in total. The predicted octanol–water partition coefficient (Wildman–Crippen LogP) is 4.03. The standard InChI is InChI=1S/C16H16ClNO/c1-12(19)18-11-3-2-6-13-7-4-8-14-9-5-10-15(17)16(13)14/h2,4-10H,3,11H2,1H3,(H,18,19). The van der Waals surface area contributed by atoms with E-state index in [0.29, 0.717) is 6.54 Å². The maximum atomic E-state index is 10.7. The van der Waals surface area contributed by atoms with Gasteiger partial charge in [0.05, 0.1) is 0 Å². The third kappa shape index (κ3) is 3.58. The SMILES string of the molecule is CC(=O)NCCC=Cc1cccc2cccc(Cl)c12. The molecule has 0 aliphatic heterocycles. The summed E-state index contributed by atoms with van der Waals surface area (Å²) in [5.41, 5.74) is 1.10. The molecular weight excluding hydrogens is 258 g/mol. The predicted molar refractivity (Wildman–Crippen MR) is 81.3 cm³/mol. The number of hydrogen-bond donors (Lipinski definition) is 1. The summed E-state index contributed by atoms with van der Waals surface area (Å²) in [5, 5.41) is 5.73. The lowest BCUT2D eigenvalue weighted by Gasteiger charge is -2.04. The van der Waals surface area contributed by atoms with Crippen molar-refractivity contribution in [2.45, 2.75) is 13.3 Å². The zero-order valence-electron chi connectivity index (χ0n) is 10.8. The number of carbonyl (C=O) groups excluding carboxylic acids is 1. The van der Waals surface area contributed by atoms with Crippen molar-refractivity contribution in [3.05, 3.63) is 53.1 Å². The second-order valence-corrected chi connectivity index (χ2v) is 4.77. The first-order valence-electron chi connectivity index (χ1n) is 6.26. The molecule has 0 bridgehead atoms. The third-order valence-corrected chi connectivity index (χ3v) is 3.18. The summed E-state index contributed by atoms with van der Waals surface area (Å²) in [6.45, 7) is 2.18. The van der Waals surface area contributed by atoms with Crippen molar-refractivity contribution >= 4 is 34.4 Å². The molecule has 1 amide bonds. The summed E-state index contributed by atoms with van der Waals surface area (Å²) in [7, 11) is 0. The second kappa shape index (κ2) is 6.39. The molecule has 0 aliphatic rings. The minimum atomic E-state index is 0.00149. The van der Waals surface area contributed by atoms with Crippen molar-refractivity contribution in [1.29, 1.82) is 0 Å². The molecule has 0 unspecified atom stereocenters. The van der Waals surface area contributed by atoms with Crippen molar-refractivity contribution in [2.24, 2.45) is 0 Å². The van der Waals surface area contributed by atoms with Crippen LogP contribution < -0.4 is 5.32 Å². The molecular formula is C16H16ClNO. The lowest BCUT2D eigenvalue weighted by molar-refractivity contribution is -0.118. The zero-order chi connectivity index (χ0) is 13.7. The van der Waals surface area contributed by atoms with Gasteiger partial charge in [0.1, 0.15) is 0 Å². The van der Waals surface area contributed by atoms with Gasteiger partial charge in [0, 0.05) is 23.9 Å². The van der Waals surface area contributed by atoms with E-state index in [4.69, 9.17) is 11.6 Å². The first-order valence-corrected chi connectivity index (χ1v) is 6.64. The Morgan fingerprint density at radius 3 is 2.74 bits per heavy atom. The normalized spacial score (nSPS) is 11.1. The lowest BCUT2D eigenvalue weighted by Crippen LogP contribution is -2.20. The molecule has 2 rings (SSSR count). The van der Waals surface area contributed by atoms with Crippen LogP contribution in [-0.4, -0.2) is 12.5 Å². The van der Waals surface area contributed by atoms with Crippen LogP contribution in [0.25, 0.3) is 16.8 Å². The van der Waals surface area contributed by atoms with Gasteiger partial charge in [-0.3, -0.25) is 4.79 Å². The van der Waals surface area contributed by atoms with Crippen molar-refractivity contribution < 1.29 is 4.79 Å². The maximum Gasteiger partial charge on any atom is 0.216 e. The van der Waals surface area contributed by atoms with E-state index < -0.39 is 0 Å². The van der Waals surface area contributed by atoms with E-state index in [-0.39, 0.29) is 5.91 Å². The summed E-state index contributed by atoms with van der Waals surface area (Å²) in [6, 6.07) is 12.0. The second-order valence-electron chi connectivity index (χ2n) is 4.36. The Morgan fingerprint density at radius 1 is 1.26 bits per heavy atom. The molecule has 98 valence electrons. The van der Waals surface area contributed by atoms with E-state index in [9.17, 15) is 4.79 Å². The quantitative estimate of drug-likeness (QED) is 0.837. The highest BCUT2D eigenvalue weighted by molar-refractivity contribution is 6.36. The number of rotatable bonds is 4. The molecule has 0 spiro atoms. The summed E-state index contributed by atoms with van der Waals surface area (Å²) >= 11 is 6.25. The van der Waals surface area contributed by atoms with Crippen molar-refractivity contribution in [3.8, 4) is 0 Å². The van der Waals surface area contributed by atoms with Crippen LogP contribution in [-0.2, 0) is 4.79 Å². The third-order valence-electron chi connectivity index (χ3n) is 2.87. The molecule has 3 heteroatoms. The number of fused-ring (bicyclic) bond motifs is 1. The van der Waals surface area contributed by atoms with Crippen molar-refractivity contribution in [3.63, 3.8) is 0 Å². The van der Waals surface area contributed by atoms with Crippen LogP contribution in [0.4, 0.5) is 0 Å². The molecule has 0 heterocycles. The molecule has 0 saturated carbocycles. The van der Waals surface area contributed by atoms with E-state index in [1.807, 2.05) is 30.3 Å². The van der Waals surface area contributed by atoms with Crippen LogP contribution in [0.2, 0.25) is 5.02 Å². The Labute approximate surface area is 118 Å². The molecule has 2 aromatic carbocycles. The molecule has 0 aliphatic carbocycles. The number of halogens is 1. The summed E-state index contributed by atoms with van der Waals surface area (Å²) in [4.78, 5) is 10.7. The minimum Gasteiger partial charge on any atom is -0.356 e. The van der Waals surface area contributed by atoms with Crippen LogP contribution in [0.3, 0.4) is 0 Å². The fourth-order valence-electron chi connectivity index (χ4n) is 2.00. The highest BCUT2D eigenvalue weighted by Gasteiger charge is 2.01. The fraction of sp³-hybridized carbons (Fsp3) is 0.188. The molecule has 1 N–H and O–H groups in total. The van der Waals surface area contributed by atoms with Crippen LogP contribution in [0.1, 0.15) is 18.9 Å². The molecule has 0 saturated heterocycles. The van der Waals surface area contributed by atoms with Crippen LogP contribution in [0.15, 0.2) is 42.5 Å². The Bertz CT molecular complexity index is 614. The smallest absolute Gasteiger partial charge is 0.216 e. The first-order chi connectivity index (χ1) is 9.18. The van der Waals surface area contributed by atoms with Gasteiger partial charge in [0.2, 0.25) is 5.91 Å². The molecule has 2 aromatic rings. The van der Waals surface area contributed by atoms with Crippen LogP contribution >= 0.6 is 11.6 Å². The number of nitrogens with one attached hydrogen (secondary N) is 1. The van der Waals surface area contributed by atoms with Gasteiger partial charge in [-0.2, -0.15) is 0 Å².